The molecule has 0 bridgehead atoms. The van der Waals surface area contributed by atoms with Crippen molar-refractivity contribution < 1.29 is 12.8 Å². The average molecular weight is 484 g/mol. The van der Waals surface area contributed by atoms with Gasteiger partial charge < -0.3 is 10.6 Å². The van der Waals surface area contributed by atoms with Gasteiger partial charge in [-0.25, -0.2) is 12.8 Å². The van der Waals surface area contributed by atoms with Crippen LogP contribution in [0, 0.1) is 18.7 Å². The minimum Gasteiger partial charge on any atom is -0.357 e. The largest absolute Gasteiger partial charge is 0.357 e. The van der Waals surface area contributed by atoms with E-state index in [0.29, 0.717) is 24.0 Å². The van der Waals surface area contributed by atoms with Crippen LogP contribution in [0.2, 0.25) is 0 Å². The Morgan fingerprint density at radius 2 is 2.04 bits per heavy atom. The standard InChI is InChI=1S/C16H25FN4O2S.HI/c1-3-18-16(20-11-13-5-6-13)19-8-9-24(22,23)21-14-7-4-12(2)15(17)10-14;/h4,7,10,13,21H,3,5-6,8-9,11H2,1-2H3,(H2,18,19,20);1H. The number of hydrogen-bond acceptors (Lipinski definition) is 3. The second-order valence-corrected chi connectivity index (χ2v) is 7.82. The molecule has 9 heteroatoms. The number of sulfonamides is 1. The molecule has 0 spiro atoms. The third-order valence-corrected chi connectivity index (χ3v) is 4.95. The van der Waals surface area contributed by atoms with Gasteiger partial charge in [-0.15, -0.1) is 24.0 Å². The van der Waals surface area contributed by atoms with Crippen LogP contribution in [-0.2, 0) is 10.0 Å². The third kappa shape index (κ3) is 8.21. The van der Waals surface area contributed by atoms with Crippen molar-refractivity contribution in [2.45, 2.75) is 26.7 Å². The summed E-state index contributed by atoms with van der Waals surface area (Å²) in [6.45, 7) is 5.28. The van der Waals surface area contributed by atoms with Crippen LogP contribution in [0.4, 0.5) is 10.1 Å². The van der Waals surface area contributed by atoms with Crippen molar-refractivity contribution in [2.75, 3.05) is 30.1 Å². The van der Waals surface area contributed by atoms with Gasteiger partial charge in [0.05, 0.1) is 11.4 Å². The van der Waals surface area contributed by atoms with E-state index in [1.165, 1.54) is 18.9 Å². The van der Waals surface area contributed by atoms with Gasteiger partial charge in [0, 0.05) is 19.6 Å². The van der Waals surface area contributed by atoms with Crippen molar-refractivity contribution in [3.05, 3.63) is 29.6 Å². The number of rotatable bonds is 8. The number of hydrogen-bond donors (Lipinski definition) is 3. The molecule has 6 nitrogen and oxygen atoms in total. The van der Waals surface area contributed by atoms with Crippen LogP contribution < -0.4 is 15.4 Å². The fourth-order valence-corrected chi connectivity index (χ4v) is 3.01. The zero-order chi connectivity index (χ0) is 17.6. The van der Waals surface area contributed by atoms with Crippen molar-refractivity contribution in [3.63, 3.8) is 0 Å². The molecule has 1 aliphatic carbocycles. The van der Waals surface area contributed by atoms with E-state index in [1.54, 1.807) is 19.1 Å². The van der Waals surface area contributed by atoms with Crippen LogP contribution in [0.3, 0.4) is 0 Å². The van der Waals surface area contributed by atoms with Crippen LogP contribution in [0.5, 0.6) is 0 Å². The zero-order valence-corrected chi connectivity index (χ0v) is 17.7. The summed E-state index contributed by atoms with van der Waals surface area (Å²) in [6, 6.07) is 4.27. The second-order valence-electron chi connectivity index (χ2n) is 5.97. The lowest BCUT2D eigenvalue weighted by atomic mass is 10.2. The molecule has 2 rings (SSSR count). The summed E-state index contributed by atoms with van der Waals surface area (Å²) in [4.78, 5) is 4.43. The second kappa shape index (κ2) is 10.1. The highest BCUT2D eigenvalue weighted by Gasteiger charge is 2.20. The predicted octanol–water partition coefficient (Wildman–Crippen LogP) is 2.46. The number of nitrogens with one attached hydrogen (secondary N) is 3. The normalized spacial score (nSPS) is 14.6. The SMILES string of the molecule is CCNC(=NCC1CC1)NCCS(=O)(=O)Nc1ccc(C)c(F)c1.I. The van der Waals surface area contributed by atoms with Crippen LogP contribution in [0.15, 0.2) is 23.2 Å². The predicted molar refractivity (Wildman–Crippen MR) is 111 cm³/mol. The highest BCUT2D eigenvalue weighted by Crippen LogP contribution is 2.28. The topological polar surface area (TPSA) is 82.6 Å². The summed E-state index contributed by atoms with van der Waals surface area (Å²) in [6.07, 6.45) is 2.43. The Kier molecular flexibility index (Phi) is 8.91. The van der Waals surface area contributed by atoms with E-state index in [2.05, 4.69) is 20.3 Å². The quantitative estimate of drug-likeness (QED) is 0.301. The first kappa shape index (κ1) is 21.9. The van der Waals surface area contributed by atoms with Crippen molar-refractivity contribution in [2.24, 2.45) is 10.9 Å². The lowest BCUT2D eigenvalue weighted by molar-refractivity contribution is 0.599. The van der Waals surface area contributed by atoms with Crippen molar-refractivity contribution in [1.29, 1.82) is 0 Å². The molecule has 1 aromatic rings. The van der Waals surface area contributed by atoms with Gasteiger partial charge in [0.2, 0.25) is 10.0 Å². The molecule has 142 valence electrons. The van der Waals surface area contributed by atoms with Gasteiger partial charge >= 0.3 is 0 Å². The first-order chi connectivity index (χ1) is 11.4. The average Bonchev–Trinajstić information content (AvgIpc) is 3.32. The fraction of sp³-hybridized carbons (Fsp3) is 0.562. The Bertz CT molecular complexity index is 693. The zero-order valence-electron chi connectivity index (χ0n) is 14.5. The molecular weight excluding hydrogens is 458 g/mol. The number of benzene rings is 1. The van der Waals surface area contributed by atoms with E-state index < -0.39 is 15.8 Å². The van der Waals surface area contributed by atoms with Crippen molar-refractivity contribution in [3.8, 4) is 0 Å². The van der Waals surface area contributed by atoms with Gasteiger partial charge in [-0.2, -0.15) is 0 Å². The Morgan fingerprint density at radius 1 is 1.32 bits per heavy atom. The highest BCUT2D eigenvalue weighted by atomic mass is 127. The smallest absolute Gasteiger partial charge is 0.234 e. The number of halogens is 2. The monoisotopic (exact) mass is 484 g/mol. The van der Waals surface area contributed by atoms with E-state index in [1.807, 2.05) is 6.92 Å². The molecule has 0 heterocycles. The fourth-order valence-electron chi connectivity index (χ4n) is 2.05. The summed E-state index contributed by atoms with van der Waals surface area (Å²) >= 11 is 0. The van der Waals surface area contributed by atoms with Gasteiger partial charge in [0.25, 0.3) is 0 Å². The maximum atomic E-state index is 13.5. The van der Waals surface area contributed by atoms with Crippen LogP contribution in [0.25, 0.3) is 0 Å². The maximum Gasteiger partial charge on any atom is 0.234 e. The molecule has 0 radical (unpaired) electrons. The van der Waals surface area contributed by atoms with Gasteiger partial charge in [-0.1, -0.05) is 6.07 Å². The van der Waals surface area contributed by atoms with Crippen LogP contribution >= 0.6 is 24.0 Å². The van der Waals surface area contributed by atoms with Gasteiger partial charge in [-0.05, 0) is 50.3 Å². The Hall–Kier alpha value is -1.10. The summed E-state index contributed by atoms with van der Waals surface area (Å²) in [5.74, 6) is 0.731. The molecule has 0 unspecified atom stereocenters. The van der Waals surface area contributed by atoms with Crippen molar-refractivity contribution >= 4 is 45.6 Å². The molecule has 1 saturated carbocycles. The molecule has 3 N–H and O–H groups in total. The molecule has 25 heavy (non-hydrogen) atoms. The first-order valence-electron chi connectivity index (χ1n) is 8.18. The molecule has 0 atom stereocenters. The summed E-state index contributed by atoms with van der Waals surface area (Å²) in [7, 11) is -3.56. The summed E-state index contributed by atoms with van der Waals surface area (Å²) < 4.78 is 40.0. The first-order valence-corrected chi connectivity index (χ1v) is 9.83. The Balaban J connectivity index is 0.00000312. The van der Waals surface area contributed by atoms with Crippen molar-refractivity contribution in [1.82, 2.24) is 10.6 Å². The molecular formula is C16H26FIN4O2S. The lowest BCUT2D eigenvalue weighted by Crippen LogP contribution is -2.40. The van der Waals surface area contributed by atoms with Crippen LogP contribution in [0.1, 0.15) is 25.3 Å². The molecule has 1 fully saturated rings. The minimum atomic E-state index is -3.56. The Labute approximate surface area is 166 Å². The number of anilines is 1. The number of nitrogens with zero attached hydrogens (tertiary/aromatic N) is 1. The third-order valence-electron chi connectivity index (χ3n) is 3.66. The van der Waals surface area contributed by atoms with Gasteiger partial charge in [0.1, 0.15) is 5.82 Å². The van der Waals surface area contributed by atoms with Gasteiger partial charge in [0.15, 0.2) is 5.96 Å². The minimum absolute atomic E-state index is 0. The number of guanidine groups is 1. The summed E-state index contributed by atoms with van der Waals surface area (Å²) in [5, 5.41) is 6.10. The summed E-state index contributed by atoms with van der Waals surface area (Å²) in [5.41, 5.74) is 0.703. The highest BCUT2D eigenvalue weighted by molar-refractivity contribution is 14.0. The molecule has 0 saturated heterocycles. The Morgan fingerprint density at radius 3 is 2.64 bits per heavy atom. The van der Waals surface area contributed by atoms with Crippen LogP contribution in [-0.4, -0.2) is 39.8 Å². The van der Waals surface area contributed by atoms with E-state index >= 15 is 0 Å². The molecule has 1 aliphatic rings. The molecule has 1 aromatic carbocycles. The molecule has 0 aliphatic heterocycles. The number of aryl methyl sites for hydroxylation is 1. The number of aliphatic imine (C=N–C) groups is 1. The van der Waals surface area contributed by atoms with Gasteiger partial charge in [-0.3, -0.25) is 9.71 Å². The molecule has 0 aromatic heterocycles. The van der Waals surface area contributed by atoms with E-state index in [-0.39, 0.29) is 42.0 Å². The van der Waals surface area contributed by atoms with E-state index in [4.69, 9.17) is 0 Å². The maximum absolute atomic E-state index is 13.5. The van der Waals surface area contributed by atoms with E-state index in [9.17, 15) is 12.8 Å². The lowest BCUT2D eigenvalue weighted by Gasteiger charge is -2.12. The molecule has 0 amide bonds. The van der Waals surface area contributed by atoms with E-state index in [0.717, 1.165) is 6.54 Å².